The normalized spacial score (nSPS) is 18.0. The third-order valence-electron chi connectivity index (χ3n) is 4.56. The van der Waals surface area contributed by atoms with Crippen molar-refractivity contribution in [3.05, 3.63) is 0 Å². The molecule has 29 heavy (non-hydrogen) atoms. The van der Waals surface area contributed by atoms with E-state index in [0.717, 1.165) is 0 Å². The number of amides is 3. The number of nitrogens with zero attached hydrogens (tertiary/aromatic N) is 1. The zero-order valence-electron chi connectivity index (χ0n) is 16.1. The molecule has 0 bridgehead atoms. The Morgan fingerprint density at radius 2 is 1.83 bits per heavy atom. The molecule has 0 aromatic carbocycles. The van der Waals surface area contributed by atoms with Gasteiger partial charge in [-0.15, -0.1) is 0 Å². The molecule has 0 radical (unpaired) electrons. The molecule has 0 aliphatic carbocycles. The van der Waals surface area contributed by atoms with Gasteiger partial charge < -0.3 is 37.2 Å². The molecule has 1 rings (SSSR count). The fourth-order valence-electron chi connectivity index (χ4n) is 3.06. The van der Waals surface area contributed by atoms with Crippen LogP contribution in [0.15, 0.2) is 0 Å². The van der Waals surface area contributed by atoms with Gasteiger partial charge in [-0.1, -0.05) is 0 Å². The molecule has 0 spiro atoms. The van der Waals surface area contributed by atoms with Gasteiger partial charge in [0.2, 0.25) is 17.7 Å². The van der Waals surface area contributed by atoms with Gasteiger partial charge >= 0.3 is 11.9 Å². The van der Waals surface area contributed by atoms with Gasteiger partial charge in [-0.3, -0.25) is 19.2 Å². The molecule has 0 aromatic heterocycles. The number of nitrogens with two attached hydrogens (primary N) is 2. The van der Waals surface area contributed by atoms with E-state index in [1.54, 1.807) is 0 Å². The maximum Gasteiger partial charge on any atom is 0.326 e. The highest BCUT2D eigenvalue weighted by molar-refractivity contribution is 5.93. The minimum Gasteiger partial charge on any atom is -0.481 e. The average Bonchev–Trinajstić information content (AvgIpc) is 3.14. The maximum atomic E-state index is 12.8. The van der Waals surface area contributed by atoms with E-state index in [-0.39, 0.29) is 6.42 Å². The lowest BCUT2D eigenvalue weighted by Crippen LogP contribution is -2.53. The highest BCUT2D eigenvalue weighted by Gasteiger charge is 2.37. The van der Waals surface area contributed by atoms with Crippen LogP contribution >= 0.6 is 0 Å². The van der Waals surface area contributed by atoms with Gasteiger partial charge in [0.1, 0.15) is 12.1 Å². The average molecular weight is 415 g/mol. The summed E-state index contributed by atoms with van der Waals surface area (Å²) in [4.78, 5) is 59.8. The molecule has 1 aliphatic rings. The molecule has 3 atom stereocenters. The number of nitrogens with one attached hydrogen (secondary N) is 2. The number of hydrogen-bond donors (Lipinski definition) is 6. The van der Waals surface area contributed by atoms with Gasteiger partial charge in [0.25, 0.3) is 0 Å². The van der Waals surface area contributed by atoms with Crippen molar-refractivity contribution in [3.63, 3.8) is 0 Å². The molecular formula is C17H29N5O7. The van der Waals surface area contributed by atoms with E-state index in [1.165, 1.54) is 4.90 Å². The number of hydrogen-bond acceptors (Lipinski definition) is 7. The second kappa shape index (κ2) is 12.0. The van der Waals surface area contributed by atoms with Crippen LogP contribution < -0.4 is 22.1 Å². The number of carbonyl (C=O) groups is 5. The first kappa shape index (κ1) is 24.3. The molecule has 1 heterocycles. The summed E-state index contributed by atoms with van der Waals surface area (Å²) in [5, 5.41) is 22.6. The number of carboxylic acids is 2. The second-order valence-electron chi connectivity index (χ2n) is 6.85. The molecule has 164 valence electrons. The molecule has 12 heteroatoms. The Bertz CT molecular complexity index is 627. The summed E-state index contributed by atoms with van der Waals surface area (Å²) in [5.41, 5.74) is 10.9. The Morgan fingerprint density at radius 1 is 1.14 bits per heavy atom. The topological polar surface area (TPSA) is 205 Å². The summed E-state index contributed by atoms with van der Waals surface area (Å²) >= 11 is 0. The Morgan fingerprint density at radius 3 is 2.41 bits per heavy atom. The highest BCUT2D eigenvalue weighted by atomic mass is 16.4. The summed E-state index contributed by atoms with van der Waals surface area (Å²) in [5.74, 6) is -4.31. The number of carbonyl (C=O) groups excluding carboxylic acids is 3. The largest absolute Gasteiger partial charge is 0.481 e. The van der Waals surface area contributed by atoms with Crippen LogP contribution in [0.3, 0.4) is 0 Å². The smallest absolute Gasteiger partial charge is 0.326 e. The van der Waals surface area contributed by atoms with Gasteiger partial charge in [-0.05, 0) is 38.6 Å². The number of likely N-dealkylation sites (tertiary alicyclic amines) is 1. The summed E-state index contributed by atoms with van der Waals surface area (Å²) < 4.78 is 0. The van der Waals surface area contributed by atoms with Crippen molar-refractivity contribution < 1.29 is 34.2 Å². The summed E-state index contributed by atoms with van der Waals surface area (Å²) in [6.45, 7) is 0.211. The maximum absolute atomic E-state index is 12.8. The Hall–Kier alpha value is -2.73. The van der Waals surface area contributed by atoms with Crippen molar-refractivity contribution in [2.75, 3.05) is 19.6 Å². The van der Waals surface area contributed by atoms with E-state index in [4.69, 9.17) is 16.6 Å². The summed E-state index contributed by atoms with van der Waals surface area (Å²) in [7, 11) is 0. The van der Waals surface area contributed by atoms with Crippen LogP contribution in [0.1, 0.15) is 38.5 Å². The van der Waals surface area contributed by atoms with Crippen LogP contribution in [-0.4, -0.2) is 82.5 Å². The molecular weight excluding hydrogens is 386 g/mol. The molecule has 0 saturated carbocycles. The first-order chi connectivity index (χ1) is 13.7. The lowest BCUT2D eigenvalue weighted by atomic mass is 10.1. The number of rotatable bonds is 12. The standard InChI is InChI=1S/C17H29N5O7/c18-6-2-1-4-11(16(27)22-7-3-5-12(22)17(28)29)21-13(23)9-20-15(26)10(19)8-14(24)25/h10-12H,1-9,18-19H2,(H,20,26)(H,21,23)(H,24,25)(H,28,29). The van der Waals surface area contributed by atoms with Crippen LogP contribution in [0.25, 0.3) is 0 Å². The molecule has 8 N–H and O–H groups in total. The first-order valence-electron chi connectivity index (χ1n) is 9.45. The lowest BCUT2D eigenvalue weighted by Gasteiger charge is -2.27. The van der Waals surface area contributed by atoms with Gasteiger partial charge in [0, 0.05) is 6.54 Å². The molecule has 1 fully saturated rings. The van der Waals surface area contributed by atoms with E-state index in [0.29, 0.717) is 38.8 Å². The quantitative estimate of drug-likeness (QED) is 0.187. The van der Waals surface area contributed by atoms with Crippen molar-refractivity contribution in [1.29, 1.82) is 0 Å². The van der Waals surface area contributed by atoms with Crippen molar-refractivity contribution >= 4 is 29.7 Å². The fraction of sp³-hybridized carbons (Fsp3) is 0.706. The summed E-state index contributed by atoms with van der Waals surface area (Å²) in [6.07, 6.45) is 1.78. The predicted octanol–water partition coefficient (Wildman–Crippen LogP) is -2.41. The Balaban J connectivity index is 2.68. The van der Waals surface area contributed by atoms with Crippen LogP contribution in [0.4, 0.5) is 0 Å². The monoisotopic (exact) mass is 415 g/mol. The number of carboxylic acid groups (broad SMARTS) is 2. The number of unbranched alkanes of at least 4 members (excludes halogenated alkanes) is 1. The molecule has 0 aromatic rings. The van der Waals surface area contributed by atoms with Crippen LogP contribution in [0.5, 0.6) is 0 Å². The van der Waals surface area contributed by atoms with E-state index in [1.807, 2.05) is 0 Å². The Labute approximate surface area is 168 Å². The third-order valence-corrected chi connectivity index (χ3v) is 4.56. The molecule has 3 unspecified atom stereocenters. The molecule has 3 amide bonds. The van der Waals surface area contributed by atoms with Crippen molar-refractivity contribution in [1.82, 2.24) is 15.5 Å². The van der Waals surface area contributed by atoms with E-state index in [2.05, 4.69) is 10.6 Å². The zero-order valence-corrected chi connectivity index (χ0v) is 16.1. The molecule has 12 nitrogen and oxygen atoms in total. The molecule has 1 aliphatic heterocycles. The van der Waals surface area contributed by atoms with Crippen LogP contribution in [-0.2, 0) is 24.0 Å². The third kappa shape index (κ3) is 8.03. The van der Waals surface area contributed by atoms with Crippen LogP contribution in [0.2, 0.25) is 0 Å². The van der Waals surface area contributed by atoms with Gasteiger partial charge in [-0.25, -0.2) is 4.79 Å². The van der Waals surface area contributed by atoms with Gasteiger partial charge in [0.15, 0.2) is 0 Å². The predicted molar refractivity (Wildman–Crippen MR) is 100 cm³/mol. The minimum absolute atomic E-state index is 0.275. The van der Waals surface area contributed by atoms with E-state index in [9.17, 15) is 29.1 Å². The van der Waals surface area contributed by atoms with Gasteiger partial charge in [-0.2, -0.15) is 0 Å². The van der Waals surface area contributed by atoms with E-state index < -0.39 is 60.8 Å². The van der Waals surface area contributed by atoms with E-state index >= 15 is 0 Å². The fourth-order valence-corrected chi connectivity index (χ4v) is 3.06. The SMILES string of the molecule is NCCCCC(NC(=O)CNC(=O)C(N)CC(=O)O)C(=O)N1CCCC1C(=O)O. The minimum atomic E-state index is -1.30. The summed E-state index contributed by atoms with van der Waals surface area (Å²) in [6, 6.07) is -3.17. The van der Waals surface area contributed by atoms with Crippen molar-refractivity contribution in [2.45, 2.75) is 56.7 Å². The first-order valence-corrected chi connectivity index (χ1v) is 9.45. The lowest BCUT2D eigenvalue weighted by molar-refractivity contribution is -0.149. The van der Waals surface area contributed by atoms with Crippen molar-refractivity contribution in [2.24, 2.45) is 11.5 Å². The zero-order chi connectivity index (χ0) is 22.0. The number of aliphatic carboxylic acids is 2. The molecule has 1 saturated heterocycles. The van der Waals surface area contributed by atoms with Crippen LogP contribution in [0, 0.1) is 0 Å². The highest BCUT2D eigenvalue weighted by Crippen LogP contribution is 2.19. The van der Waals surface area contributed by atoms with Crippen molar-refractivity contribution in [3.8, 4) is 0 Å². The second-order valence-corrected chi connectivity index (χ2v) is 6.85. The Kier molecular flexibility index (Phi) is 10.0. The van der Waals surface area contributed by atoms with Gasteiger partial charge in [0.05, 0.1) is 19.0 Å².